The zero-order valence-corrected chi connectivity index (χ0v) is 20.5. The van der Waals surface area contributed by atoms with E-state index in [0.29, 0.717) is 38.6 Å². The second kappa shape index (κ2) is 10.7. The highest BCUT2D eigenvalue weighted by Gasteiger charge is 2.25. The van der Waals surface area contributed by atoms with Gasteiger partial charge in [0.1, 0.15) is 29.0 Å². The molecule has 10 heteroatoms. The number of hydrogen-bond acceptors (Lipinski definition) is 8. The molecular formula is C26H23FN2O6S. The zero-order valence-electron chi connectivity index (χ0n) is 19.7. The van der Waals surface area contributed by atoms with Gasteiger partial charge < -0.3 is 24.6 Å². The summed E-state index contributed by atoms with van der Waals surface area (Å²) in [6, 6.07) is 11.1. The Labute approximate surface area is 210 Å². The first-order valence-corrected chi connectivity index (χ1v) is 11.7. The van der Waals surface area contributed by atoms with Gasteiger partial charge in [-0.15, -0.1) is 11.3 Å². The maximum absolute atomic E-state index is 14.2. The highest BCUT2D eigenvalue weighted by molar-refractivity contribution is 7.17. The van der Waals surface area contributed by atoms with Crippen molar-refractivity contribution in [2.45, 2.75) is 6.04 Å². The van der Waals surface area contributed by atoms with E-state index in [0.717, 1.165) is 0 Å². The van der Waals surface area contributed by atoms with Gasteiger partial charge in [0.15, 0.2) is 11.5 Å². The standard InChI is InChI=1S/C26H23FN2O6S/c1-33-20-9-7-14(11-22(20)35-3)26(32)29-19(12-30)24(31)18-8-10-21(34-2)23(28-18)16-13-36-25-15(16)5-4-6-17(25)27/h4-11,13,19,30H,12H2,1-3H3,(H,29,32)/t19-/m0/s1. The first-order valence-electron chi connectivity index (χ1n) is 10.8. The number of methoxy groups -OCH3 is 3. The number of nitrogens with one attached hydrogen (secondary N) is 1. The number of ether oxygens (including phenoxy) is 3. The van der Waals surface area contributed by atoms with E-state index in [4.69, 9.17) is 14.2 Å². The molecule has 2 N–H and O–H groups in total. The van der Waals surface area contributed by atoms with Gasteiger partial charge in [-0.1, -0.05) is 12.1 Å². The van der Waals surface area contributed by atoms with Gasteiger partial charge in [-0.2, -0.15) is 0 Å². The number of halogens is 1. The second-order valence-corrected chi connectivity index (χ2v) is 8.54. The van der Waals surface area contributed by atoms with Gasteiger partial charge in [0.2, 0.25) is 5.78 Å². The Morgan fingerprint density at radius 1 is 1.03 bits per heavy atom. The van der Waals surface area contributed by atoms with Crippen LogP contribution in [-0.4, -0.2) is 55.8 Å². The number of carbonyl (C=O) groups excluding carboxylic acids is 2. The van der Waals surface area contributed by atoms with Crippen LogP contribution in [0.1, 0.15) is 20.8 Å². The highest BCUT2D eigenvalue weighted by Crippen LogP contribution is 2.38. The summed E-state index contributed by atoms with van der Waals surface area (Å²) in [6.07, 6.45) is 0. The van der Waals surface area contributed by atoms with Crippen molar-refractivity contribution in [3.63, 3.8) is 0 Å². The third-order valence-corrected chi connectivity index (χ3v) is 6.59. The molecule has 2 aromatic heterocycles. The van der Waals surface area contributed by atoms with Gasteiger partial charge >= 0.3 is 0 Å². The van der Waals surface area contributed by atoms with Crippen LogP contribution in [0.15, 0.2) is 53.9 Å². The number of ketones is 1. The van der Waals surface area contributed by atoms with E-state index in [1.807, 2.05) is 0 Å². The molecule has 0 spiro atoms. The Kier molecular flexibility index (Phi) is 7.47. The van der Waals surface area contributed by atoms with Crippen LogP contribution in [0, 0.1) is 5.82 Å². The topological polar surface area (TPSA) is 107 Å². The minimum Gasteiger partial charge on any atom is -0.494 e. The van der Waals surface area contributed by atoms with Crippen LogP contribution in [0.25, 0.3) is 21.3 Å². The smallest absolute Gasteiger partial charge is 0.252 e. The Morgan fingerprint density at radius 3 is 2.44 bits per heavy atom. The minimum atomic E-state index is -1.25. The fourth-order valence-corrected chi connectivity index (χ4v) is 4.70. The van der Waals surface area contributed by atoms with E-state index in [2.05, 4.69) is 10.3 Å². The van der Waals surface area contributed by atoms with Crippen LogP contribution in [0.2, 0.25) is 0 Å². The summed E-state index contributed by atoms with van der Waals surface area (Å²) in [6.45, 7) is -0.645. The maximum atomic E-state index is 14.2. The van der Waals surface area contributed by atoms with Gasteiger partial charge in [0, 0.05) is 21.9 Å². The van der Waals surface area contributed by atoms with E-state index < -0.39 is 24.3 Å². The average Bonchev–Trinajstić information content (AvgIpc) is 3.35. The molecule has 4 aromatic rings. The molecule has 0 fully saturated rings. The van der Waals surface area contributed by atoms with Crippen molar-refractivity contribution in [1.82, 2.24) is 10.3 Å². The predicted octanol–water partition coefficient (Wildman–Crippen LogP) is 4.10. The summed E-state index contributed by atoms with van der Waals surface area (Å²) in [7, 11) is 4.39. The number of rotatable bonds is 9. The summed E-state index contributed by atoms with van der Waals surface area (Å²) in [5.74, 6) is -0.353. The molecule has 186 valence electrons. The number of amides is 1. The van der Waals surface area contributed by atoms with Crippen LogP contribution in [0.5, 0.6) is 17.2 Å². The number of aromatic nitrogens is 1. The third kappa shape index (κ3) is 4.73. The summed E-state index contributed by atoms with van der Waals surface area (Å²) in [4.78, 5) is 30.5. The van der Waals surface area contributed by atoms with Crippen molar-refractivity contribution in [1.29, 1.82) is 0 Å². The quantitative estimate of drug-likeness (QED) is 0.327. The molecule has 0 aliphatic heterocycles. The summed E-state index contributed by atoms with van der Waals surface area (Å²) in [5, 5.41) is 14.8. The molecule has 0 saturated heterocycles. The van der Waals surface area contributed by atoms with Gasteiger partial charge in [0.05, 0.1) is 32.6 Å². The lowest BCUT2D eigenvalue weighted by Crippen LogP contribution is -2.43. The van der Waals surface area contributed by atoms with Crippen LogP contribution < -0.4 is 19.5 Å². The maximum Gasteiger partial charge on any atom is 0.252 e. The van der Waals surface area contributed by atoms with E-state index in [1.165, 1.54) is 56.9 Å². The van der Waals surface area contributed by atoms with Crippen LogP contribution in [0.4, 0.5) is 4.39 Å². The Hall–Kier alpha value is -4.02. The molecule has 2 aromatic carbocycles. The van der Waals surface area contributed by atoms with Crippen LogP contribution in [-0.2, 0) is 0 Å². The van der Waals surface area contributed by atoms with E-state index >= 15 is 0 Å². The summed E-state index contributed by atoms with van der Waals surface area (Å²) < 4.78 is 30.5. The van der Waals surface area contributed by atoms with Gasteiger partial charge in [-0.3, -0.25) is 9.59 Å². The molecule has 0 radical (unpaired) electrons. The number of aliphatic hydroxyl groups excluding tert-OH is 1. The Morgan fingerprint density at radius 2 is 1.75 bits per heavy atom. The third-order valence-electron chi connectivity index (χ3n) is 5.59. The number of aliphatic hydroxyl groups is 1. The summed E-state index contributed by atoms with van der Waals surface area (Å²) in [5.41, 5.74) is 1.18. The molecule has 4 rings (SSSR count). The first-order chi connectivity index (χ1) is 17.4. The number of pyridine rings is 1. The van der Waals surface area contributed by atoms with Crippen molar-refractivity contribution in [2.24, 2.45) is 0 Å². The molecule has 36 heavy (non-hydrogen) atoms. The Balaban J connectivity index is 1.64. The Bertz CT molecular complexity index is 1440. The zero-order chi connectivity index (χ0) is 25.8. The molecule has 0 unspecified atom stereocenters. The van der Waals surface area contributed by atoms with Crippen molar-refractivity contribution >= 4 is 33.1 Å². The molecule has 0 bridgehead atoms. The largest absolute Gasteiger partial charge is 0.494 e. The van der Waals surface area contributed by atoms with Crippen LogP contribution in [0.3, 0.4) is 0 Å². The lowest BCUT2D eigenvalue weighted by molar-refractivity contribution is 0.0810. The number of thiophene rings is 1. The van der Waals surface area contributed by atoms with Crippen molar-refractivity contribution in [3.8, 4) is 28.5 Å². The van der Waals surface area contributed by atoms with Gasteiger partial charge in [-0.05, 0) is 36.4 Å². The molecule has 8 nitrogen and oxygen atoms in total. The lowest BCUT2D eigenvalue weighted by atomic mass is 10.1. The molecule has 0 saturated carbocycles. The number of fused-ring (bicyclic) bond motifs is 1. The highest BCUT2D eigenvalue weighted by atomic mass is 32.1. The van der Waals surface area contributed by atoms with E-state index in [-0.39, 0.29) is 17.1 Å². The van der Waals surface area contributed by atoms with Crippen LogP contribution >= 0.6 is 11.3 Å². The normalized spacial score (nSPS) is 11.7. The van der Waals surface area contributed by atoms with E-state index in [9.17, 15) is 19.1 Å². The number of carbonyl (C=O) groups is 2. The van der Waals surface area contributed by atoms with Gasteiger partial charge in [-0.25, -0.2) is 9.37 Å². The van der Waals surface area contributed by atoms with Crippen molar-refractivity contribution in [2.75, 3.05) is 27.9 Å². The first kappa shape index (κ1) is 25.1. The number of Topliss-reactive ketones (excluding diaryl/α,β-unsaturated/α-hetero) is 1. The van der Waals surface area contributed by atoms with Gasteiger partial charge in [0.25, 0.3) is 5.91 Å². The monoisotopic (exact) mass is 510 g/mol. The fourth-order valence-electron chi connectivity index (χ4n) is 3.74. The molecule has 0 aliphatic carbocycles. The molecule has 0 aliphatic rings. The minimum absolute atomic E-state index is 0.00761. The molecule has 1 amide bonds. The SMILES string of the molecule is COc1ccc(C(=O)N[C@@H](CO)C(=O)c2ccc(OC)c(-c3csc4c(F)cccc34)n2)cc1OC. The molecule has 1 atom stereocenters. The molecular weight excluding hydrogens is 487 g/mol. The lowest BCUT2D eigenvalue weighted by Gasteiger charge is -2.17. The van der Waals surface area contributed by atoms with Crippen molar-refractivity contribution in [3.05, 3.63) is 71.0 Å². The fraction of sp³-hybridized carbons (Fsp3) is 0.192. The second-order valence-electron chi connectivity index (χ2n) is 7.66. The average molecular weight is 511 g/mol. The predicted molar refractivity (Wildman–Crippen MR) is 134 cm³/mol. The number of nitrogens with zero attached hydrogens (tertiary/aromatic N) is 1. The van der Waals surface area contributed by atoms with E-state index in [1.54, 1.807) is 29.6 Å². The number of benzene rings is 2. The molecule has 2 heterocycles. The van der Waals surface area contributed by atoms with Crippen molar-refractivity contribution < 1.29 is 33.3 Å². The summed E-state index contributed by atoms with van der Waals surface area (Å²) >= 11 is 1.22. The number of hydrogen-bond donors (Lipinski definition) is 2.